The van der Waals surface area contributed by atoms with Crippen LogP contribution in [-0.2, 0) is 9.53 Å². The van der Waals surface area contributed by atoms with Crippen LogP contribution in [0.15, 0.2) is 18.2 Å². The van der Waals surface area contributed by atoms with Gasteiger partial charge in [0, 0.05) is 24.9 Å². The Morgan fingerprint density at radius 3 is 2.74 bits per heavy atom. The van der Waals surface area contributed by atoms with E-state index >= 15 is 0 Å². The number of hydrogen-bond acceptors (Lipinski definition) is 4. The van der Waals surface area contributed by atoms with E-state index < -0.39 is 5.82 Å². The molecule has 1 aromatic rings. The molecule has 0 heterocycles. The number of carbonyl (C=O) groups is 1. The van der Waals surface area contributed by atoms with Gasteiger partial charge in [0.2, 0.25) is 5.91 Å². The third-order valence-electron chi connectivity index (χ3n) is 2.43. The number of hydrogen-bond donors (Lipinski definition) is 2. The van der Waals surface area contributed by atoms with Crippen LogP contribution in [0.25, 0.3) is 0 Å². The summed E-state index contributed by atoms with van der Waals surface area (Å²) in [4.78, 5) is 11.6. The van der Waals surface area contributed by atoms with Crippen molar-refractivity contribution in [3.05, 3.63) is 24.0 Å². The molecule has 1 rings (SSSR count). The third kappa shape index (κ3) is 5.13. The van der Waals surface area contributed by atoms with Gasteiger partial charge in [0.05, 0.1) is 20.3 Å². The summed E-state index contributed by atoms with van der Waals surface area (Å²) in [5, 5.41) is 5.58. The van der Waals surface area contributed by atoms with Crippen LogP contribution in [0.1, 0.15) is 6.92 Å². The third-order valence-corrected chi connectivity index (χ3v) is 2.43. The van der Waals surface area contributed by atoms with E-state index in [2.05, 4.69) is 10.6 Å². The Morgan fingerprint density at radius 1 is 1.42 bits per heavy atom. The van der Waals surface area contributed by atoms with E-state index in [-0.39, 0.29) is 24.2 Å². The zero-order valence-corrected chi connectivity index (χ0v) is 11.3. The maximum Gasteiger partial charge on any atom is 0.239 e. The highest BCUT2D eigenvalue weighted by atomic mass is 19.1. The lowest BCUT2D eigenvalue weighted by Gasteiger charge is -2.13. The van der Waals surface area contributed by atoms with Crippen molar-refractivity contribution in [2.75, 3.05) is 32.7 Å². The first kappa shape index (κ1) is 15.2. The van der Waals surface area contributed by atoms with Crippen molar-refractivity contribution in [1.82, 2.24) is 5.32 Å². The fourth-order valence-electron chi connectivity index (χ4n) is 1.58. The molecule has 0 radical (unpaired) electrons. The molecule has 1 unspecified atom stereocenters. The standard InChI is InChI=1S/C13H19FN2O3/c1-9(8-18-2)16-13(17)7-15-10-4-5-12(19-3)11(14)6-10/h4-6,9,15H,7-8H2,1-3H3,(H,16,17). The predicted octanol–water partition coefficient (Wildman–Crippen LogP) is 1.40. The molecule has 19 heavy (non-hydrogen) atoms. The van der Waals surface area contributed by atoms with Crippen LogP contribution in [0.3, 0.4) is 0 Å². The largest absolute Gasteiger partial charge is 0.494 e. The van der Waals surface area contributed by atoms with Crippen LogP contribution in [-0.4, -0.2) is 39.3 Å². The molecule has 1 aromatic carbocycles. The van der Waals surface area contributed by atoms with Crippen molar-refractivity contribution >= 4 is 11.6 Å². The Kier molecular flexibility index (Phi) is 6.08. The second kappa shape index (κ2) is 7.58. The van der Waals surface area contributed by atoms with Gasteiger partial charge in [0.1, 0.15) is 0 Å². The summed E-state index contributed by atoms with van der Waals surface area (Å²) in [6.45, 7) is 2.36. The van der Waals surface area contributed by atoms with Gasteiger partial charge in [-0.05, 0) is 19.1 Å². The summed E-state index contributed by atoms with van der Waals surface area (Å²) in [5.41, 5.74) is 0.521. The molecule has 1 atom stereocenters. The van der Waals surface area contributed by atoms with Gasteiger partial charge in [0.15, 0.2) is 11.6 Å². The van der Waals surface area contributed by atoms with Gasteiger partial charge in [-0.3, -0.25) is 4.79 Å². The van der Waals surface area contributed by atoms with Gasteiger partial charge in [0.25, 0.3) is 0 Å². The van der Waals surface area contributed by atoms with E-state index in [1.54, 1.807) is 13.2 Å². The van der Waals surface area contributed by atoms with Crippen molar-refractivity contribution in [2.24, 2.45) is 0 Å². The van der Waals surface area contributed by atoms with Crippen molar-refractivity contribution in [3.63, 3.8) is 0 Å². The normalized spacial score (nSPS) is 11.8. The van der Waals surface area contributed by atoms with E-state index in [1.807, 2.05) is 6.92 Å². The molecule has 0 fully saturated rings. The lowest BCUT2D eigenvalue weighted by atomic mass is 10.3. The topological polar surface area (TPSA) is 59.6 Å². The number of methoxy groups -OCH3 is 2. The number of rotatable bonds is 7. The molecule has 0 aromatic heterocycles. The number of nitrogens with one attached hydrogen (secondary N) is 2. The zero-order valence-electron chi connectivity index (χ0n) is 11.3. The molecule has 0 bridgehead atoms. The SMILES string of the molecule is COCC(C)NC(=O)CNc1ccc(OC)c(F)c1. The van der Waals surface area contributed by atoms with E-state index in [4.69, 9.17) is 9.47 Å². The van der Waals surface area contributed by atoms with E-state index in [0.29, 0.717) is 12.3 Å². The van der Waals surface area contributed by atoms with Gasteiger partial charge in [-0.1, -0.05) is 0 Å². The minimum Gasteiger partial charge on any atom is -0.494 e. The van der Waals surface area contributed by atoms with E-state index in [9.17, 15) is 9.18 Å². The van der Waals surface area contributed by atoms with Crippen LogP contribution in [0.4, 0.5) is 10.1 Å². The fraction of sp³-hybridized carbons (Fsp3) is 0.462. The van der Waals surface area contributed by atoms with Crippen LogP contribution < -0.4 is 15.4 Å². The Labute approximate surface area is 112 Å². The maximum absolute atomic E-state index is 13.4. The van der Waals surface area contributed by atoms with Crippen molar-refractivity contribution in [3.8, 4) is 5.75 Å². The van der Waals surface area contributed by atoms with Crippen LogP contribution in [0.2, 0.25) is 0 Å². The summed E-state index contributed by atoms with van der Waals surface area (Å²) < 4.78 is 23.1. The maximum atomic E-state index is 13.4. The quantitative estimate of drug-likeness (QED) is 0.786. The molecule has 0 aliphatic carbocycles. The number of halogens is 1. The monoisotopic (exact) mass is 270 g/mol. The van der Waals surface area contributed by atoms with Crippen LogP contribution >= 0.6 is 0 Å². The van der Waals surface area contributed by atoms with Crippen molar-refractivity contribution in [1.29, 1.82) is 0 Å². The Morgan fingerprint density at radius 2 is 2.16 bits per heavy atom. The van der Waals surface area contributed by atoms with Crippen molar-refractivity contribution in [2.45, 2.75) is 13.0 Å². The summed E-state index contributed by atoms with van der Waals surface area (Å²) in [6.07, 6.45) is 0. The minimum absolute atomic E-state index is 0.0631. The first-order chi connectivity index (χ1) is 9.06. The highest BCUT2D eigenvalue weighted by Gasteiger charge is 2.08. The van der Waals surface area contributed by atoms with Gasteiger partial charge in [-0.15, -0.1) is 0 Å². The van der Waals surface area contributed by atoms with Crippen LogP contribution in [0, 0.1) is 5.82 Å². The molecule has 2 N–H and O–H groups in total. The molecule has 0 aliphatic rings. The fourth-order valence-corrected chi connectivity index (χ4v) is 1.58. The lowest BCUT2D eigenvalue weighted by molar-refractivity contribution is -0.120. The molecule has 106 valence electrons. The second-order valence-electron chi connectivity index (χ2n) is 4.13. The van der Waals surface area contributed by atoms with Gasteiger partial charge in [-0.25, -0.2) is 4.39 Å². The number of ether oxygens (including phenoxy) is 2. The molecular weight excluding hydrogens is 251 g/mol. The van der Waals surface area contributed by atoms with Crippen LogP contribution in [0.5, 0.6) is 5.75 Å². The van der Waals surface area contributed by atoms with Gasteiger partial charge in [-0.2, -0.15) is 0 Å². The molecule has 6 heteroatoms. The molecular formula is C13H19FN2O3. The number of carbonyl (C=O) groups excluding carboxylic acids is 1. The second-order valence-corrected chi connectivity index (χ2v) is 4.13. The summed E-state index contributed by atoms with van der Waals surface area (Å²) in [5.74, 6) is -0.481. The first-order valence-corrected chi connectivity index (χ1v) is 5.92. The number of benzene rings is 1. The Hall–Kier alpha value is -1.82. The zero-order chi connectivity index (χ0) is 14.3. The molecule has 0 spiro atoms. The molecule has 0 aliphatic heterocycles. The predicted molar refractivity (Wildman–Crippen MR) is 70.9 cm³/mol. The Balaban J connectivity index is 2.44. The minimum atomic E-state index is -0.472. The summed E-state index contributed by atoms with van der Waals surface area (Å²) in [6, 6.07) is 4.37. The molecule has 5 nitrogen and oxygen atoms in total. The van der Waals surface area contributed by atoms with Gasteiger partial charge < -0.3 is 20.1 Å². The summed E-state index contributed by atoms with van der Waals surface area (Å²) in [7, 11) is 2.97. The molecule has 0 saturated carbocycles. The van der Waals surface area contributed by atoms with Crippen molar-refractivity contribution < 1.29 is 18.7 Å². The molecule has 0 saturated heterocycles. The average molecular weight is 270 g/mol. The lowest BCUT2D eigenvalue weighted by Crippen LogP contribution is -2.39. The molecule has 1 amide bonds. The highest BCUT2D eigenvalue weighted by Crippen LogP contribution is 2.20. The average Bonchev–Trinajstić information content (AvgIpc) is 2.36. The Bertz CT molecular complexity index is 426. The smallest absolute Gasteiger partial charge is 0.239 e. The van der Waals surface area contributed by atoms with Gasteiger partial charge >= 0.3 is 0 Å². The number of anilines is 1. The highest BCUT2D eigenvalue weighted by molar-refractivity contribution is 5.80. The first-order valence-electron chi connectivity index (χ1n) is 5.92. The number of amides is 1. The van der Waals surface area contributed by atoms with E-state index in [1.165, 1.54) is 19.2 Å². The summed E-state index contributed by atoms with van der Waals surface area (Å²) >= 11 is 0. The van der Waals surface area contributed by atoms with E-state index in [0.717, 1.165) is 0 Å².